The highest BCUT2D eigenvalue weighted by atomic mass is 32.2. The number of nitrogens with one attached hydrogen (secondary N) is 1. The molecule has 0 spiro atoms. The van der Waals surface area contributed by atoms with Gasteiger partial charge in [-0.2, -0.15) is 0 Å². The Hall–Kier alpha value is -1.92. The van der Waals surface area contributed by atoms with E-state index in [2.05, 4.69) is 4.72 Å². The van der Waals surface area contributed by atoms with Crippen molar-refractivity contribution in [3.05, 3.63) is 58.9 Å². The van der Waals surface area contributed by atoms with Gasteiger partial charge in [-0.15, -0.1) is 0 Å². The Bertz CT molecular complexity index is 773. The van der Waals surface area contributed by atoms with E-state index in [4.69, 9.17) is 5.73 Å². The van der Waals surface area contributed by atoms with Gasteiger partial charge in [-0.1, -0.05) is 17.7 Å². The van der Waals surface area contributed by atoms with E-state index in [1.54, 1.807) is 25.1 Å². The Balaban J connectivity index is 2.37. The molecule has 6 heteroatoms. The van der Waals surface area contributed by atoms with E-state index in [0.717, 1.165) is 5.56 Å². The molecule has 3 N–H and O–H groups in total. The van der Waals surface area contributed by atoms with Crippen molar-refractivity contribution >= 4 is 15.7 Å². The van der Waals surface area contributed by atoms with Gasteiger partial charge in [0.05, 0.1) is 4.90 Å². The van der Waals surface area contributed by atoms with Crippen LogP contribution in [0.1, 0.15) is 16.7 Å². The smallest absolute Gasteiger partial charge is 0.262 e. The first-order chi connectivity index (χ1) is 9.83. The first kappa shape index (κ1) is 15.5. The van der Waals surface area contributed by atoms with Crippen LogP contribution in [0.4, 0.5) is 10.1 Å². The second kappa shape index (κ2) is 5.83. The highest BCUT2D eigenvalue weighted by molar-refractivity contribution is 7.92. The lowest BCUT2D eigenvalue weighted by Gasteiger charge is -2.12. The summed E-state index contributed by atoms with van der Waals surface area (Å²) in [5.74, 6) is -0.452. The van der Waals surface area contributed by atoms with Crippen molar-refractivity contribution in [3.63, 3.8) is 0 Å². The number of halogens is 1. The molecule has 0 aromatic heterocycles. The van der Waals surface area contributed by atoms with Crippen LogP contribution in [-0.4, -0.2) is 8.42 Å². The van der Waals surface area contributed by atoms with Gasteiger partial charge in [-0.05, 0) is 43.7 Å². The summed E-state index contributed by atoms with van der Waals surface area (Å²) < 4.78 is 40.6. The minimum atomic E-state index is -3.71. The lowest BCUT2D eigenvalue weighted by Crippen LogP contribution is -2.15. The van der Waals surface area contributed by atoms with Crippen LogP contribution >= 0.6 is 0 Å². The van der Waals surface area contributed by atoms with Crippen LogP contribution in [0, 0.1) is 19.7 Å². The predicted octanol–water partition coefficient (Wildman–Crippen LogP) is 2.70. The van der Waals surface area contributed by atoms with Crippen LogP contribution < -0.4 is 10.5 Å². The fourth-order valence-electron chi connectivity index (χ4n) is 2.11. The second-order valence-corrected chi connectivity index (χ2v) is 6.54. The summed E-state index contributed by atoms with van der Waals surface area (Å²) in [5.41, 5.74) is 7.61. The Labute approximate surface area is 123 Å². The minimum absolute atomic E-state index is 0.00492. The van der Waals surface area contributed by atoms with Gasteiger partial charge in [0.2, 0.25) is 0 Å². The number of hydrogen-bond donors (Lipinski definition) is 2. The largest absolute Gasteiger partial charge is 0.326 e. The zero-order valence-electron chi connectivity index (χ0n) is 11.9. The summed E-state index contributed by atoms with van der Waals surface area (Å²) in [6.45, 7) is 3.63. The fourth-order valence-corrected chi connectivity index (χ4v) is 3.38. The molecular weight excluding hydrogens is 291 g/mol. The third-order valence-corrected chi connectivity index (χ3v) is 4.68. The molecule has 0 saturated carbocycles. The van der Waals surface area contributed by atoms with E-state index in [0.29, 0.717) is 5.56 Å². The van der Waals surface area contributed by atoms with E-state index >= 15 is 0 Å². The maximum atomic E-state index is 13.4. The fraction of sp³-hybridized carbons (Fsp3) is 0.200. The van der Waals surface area contributed by atoms with Gasteiger partial charge in [0.25, 0.3) is 10.0 Å². The molecule has 2 aromatic rings. The number of hydrogen-bond acceptors (Lipinski definition) is 3. The molecule has 0 aliphatic carbocycles. The van der Waals surface area contributed by atoms with E-state index in [9.17, 15) is 12.8 Å². The summed E-state index contributed by atoms with van der Waals surface area (Å²) in [6.07, 6.45) is 0. The predicted molar refractivity (Wildman–Crippen MR) is 81.0 cm³/mol. The van der Waals surface area contributed by atoms with Crippen molar-refractivity contribution in [1.82, 2.24) is 0 Å². The average molecular weight is 308 g/mol. The third kappa shape index (κ3) is 3.40. The van der Waals surface area contributed by atoms with Gasteiger partial charge in [0.15, 0.2) is 0 Å². The van der Waals surface area contributed by atoms with Gasteiger partial charge in [-0.3, -0.25) is 4.72 Å². The molecular formula is C15H17FN2O2S. The first-order valence-electron chi connectivity index (χ1n) is 6.42. The second-order valence-electron chi connectivity index (χ2n) is 4.88. The molecule has 0 heterocycles. The lowest BCUT2D eigenvalue weighted by molar-refractivity contribution is 0.600. The van der Waals surface area contributed by atoms with Gasteiger partial charge in [0.1, 0.15) is 5.82 Å². The zero-order valence-corrected chi connectivity index (χ0v) is 12.7. The summed E-state index contributed by atoms with van der Waals surface area (Å²) in [5, 5.41) is 0. The Morgan fingerprint density at radius 3 is 2.48 bits per heavy atom. The molecule has 0 atom stereocenters. The molecule has 2 aromatic carbocycles. The van der Waals surface area contributed by atoms with Crippen LogP contribution in [0.15, 0.2) is 41.3 Å². The minimum Gasteiger partial charge on any atom is -0.326 e. The topological polar surface area (TPSA) is 72.2 Å². The first-order valence-corrected chi connectivity index (χ1v) is 7.90. The van der Waals surface area contributed by atoms with Gasteiger partial charge in [0, 0.05) is 17.8 Å². The van der Waals surface area contributed by atoms with Crippen LogP contribution in [0.2, 0.25) is 0 Å². The summed E-state index contributed by atoms with van der Waals surface area (Å²) in [7, 11) is -3.71. The Kier molecular flexibility index (Phi) is 4.29. The van der Waals surface area contributed by atoms with E-state index in [1.165, 1.54) is 18.2 Å². The molecule has 0 amide bonds. The van der Waals surface area contributed by atoms with Crippen LogP contribution in [0.5, 0.6) is 0 Å². The van der Waals surface area contributed by atoms with E-state index < -0.39 is 15.8 Å². The van der Waals surface area contributed by atoms with Gasteiger partial charge in [-0.25, -0.2) is 12.8 Å². The summed E-state index contributed by atoms with van der Waals surface area (Å²) >= 11 is 0. The molecule has 112 valence electrons. The number of sulfonamides is 1. The molecule has 0 unspecified atom stereocenters. The highest BCUT2D eigenvalue weighted by Gasteiger charge is 2.17. The molecule has 0 radical (unpaired) electrons. The quantitative estimate of drug-likeness (QED) is 0.912. The van der Waals surface area contributed by atoms with Crippen LogP contribution in [-0.2, 0) is 16.6 Å². The Morgan fingerprint density at radius 2 is 1.86 bits per heavy atom. The van der Waals surface area contributed by atoms with Crippen molar-refractivity contribution < 1.29 is 12.8 Å². The average Bonchev–Trinajstić information content (AvgIpc) is 2.40. The molecule has 0 saturated heterocycles. The van der Waals surface area contributed by atoms with Crippen molar-refractivity contribution in [2.24, 2.45) is 5.73 Å². The van der Waals surface area contributed by atoms with Crippen molar-refractivity contribution in [2.75, 3.05) is 4.72 Å². The summed E-state index contributed by atoms with van der Waals surface area (Å²) in [4.78, 5) is 0.201. The molecule has 0 fully saturated rings. The SMILES string of the molecule is Cc1ccc(S(=O)(=O)Nc2ccc(F)c(CN)c2)c(C)c1. The number of anilines is 1. The van der Waals surface area contributed by atoms with Crippen molar-refractivity contribution in [3.8, 4) is 0 Å². The van der Waals surface area contributed by atoms with Crippen LogP contribution in [0.25, 0.3) is 0 Å². The van der Waals surface area contributed by atoms with Gasteiger partial charge < -0.3 is 5.73 Å². The molecule has 4 nitrogen and oxygen atoms in total. The third-order valence-electron chi connectivity index (χ3n) is 3.14. The lowest BCUT2D eigenvalue weighted by atomic mass is 10.2. The molecule has 2 rings (SSSR count). The van der Waals surface area contributed by atoms with Crippen molar-refractivity contribution in [1.29, 1.82) is 0 Å². The Morgan fingerprint density at radius 1 is 1.14 bits per heavy atom. The number of benzene rings is 2. The molecule has 0 aliphatic rings. The van der Waals surface area contributed by atoms with E-state index in [-0.39, 0.29) is 22.7 Å². The number of rotatable bonds is 4. The highest BCUT2D eigenvalue weighted by Crippen LogP contribution is 2.21. The maximum absolute atomic E-state index is 13.4. The monoisotopic (exact) mass is 308 g/mol. The van der Waals surface area contributed by atoms with Gasteiger partial charge >= 0.3 is 0 Å². The standard InChI is InChI=1S/C15H17FN2O2S/c1-10-3-6-15(11(2)7-10)21(19,20)18-13-4-5-14(16)12(8-13)9-17/h3-8,18H,9,17H2,1-2H3. The van der Waals surface area contributed by atoms with Crippen LogP contribution in [0.3, 0.4) is 0 Å². The zero-order chi connectivity index (χ0) is 15.6. The van der Waals surface area contributed by atoms with Crippen molar-refractivity contribution in [2.45, 2.75) is 25.3 Å². The normalized spacial score (nSPS) is 11.4. The van der Waals surface area contributed by atoms with E-state index in [1.807, 2.05) is 6.92 Å². The number of aryl methyl sites for hydroxylation is 2. The molecule has 0 aliphatic heterocycles. The molecule has 0 bridgehead atoms. The summed E-state index contributed by atoms with van der Waals surface area (Å²) in [6, 6.07) is 9.05. The maximum Gasteiger partial charge on any atom is 0.262 e. The number of nitrogens with two attached hydrogens (primary N) is 1. The molecule has 21 heavy (non-hydrogen) atoms.